The molecule has 0 bridgehead atoms. The van der Waals surface area contributed by atoms with Crippen molar-refractivity contribution >= 4 is 17.5 Å². The van der Waals surface area contributed by atoms with Gasteiger partial charge in [0.05, 0.1) is 13.2 Å². The minimum Gasteiger partial charge on any atom is -0.378 e. The van der Waals surface area contributed by atoms with E-state index in [4.69, 9.17) is 16.3 Å². The molecular weight excluding hydrogens is 324 g/mol. The van der Waals surface area contributed by atoms with E-state index >= 15 is 0 Å². The van der Waals surface area contributed by atoms with Crippen molar-refractivity contribution in [2.75, 3.05) is 33.4 Å². The van der Waals surface area contributed by atoms with Gasteiger partial charge in [0, 0.05) is 31.7 Å². The summed E-state index contributed by atoms with van der Waals surface area (Å²) in [7, 11) is 1.86. The molecule has 132 valence electrons. The predicted octanol–water partition coefficient (Wildman–Crippen LogP) is 3.19. The molecule has 4 nitrogen and oxygen atoms in total. The van der Waals surface area contributed by atoms with Gasteiger partial charge in [-0.15, -0.1) is 0 Å². The monoisotopic (exact) mass is 350 g/mol. The van der Waals surface area contributed by atoms with E-state index in [1.165, 1.54) is 25.7 Å². The molecule has 1 aliphatic heterocycles. The zero-order valence-electron chi connectivity index (χ0n) is 14.4. The summed E-state index contributed by atoms with van der Waals surface area (Å²) < 4.78 is 5.61. The Morgan fingerprint density at radius 1 is 1.33 bits per heavy atom. The zero-order valence-corrected chi connectivity index (χ0v) is 15.2. The highest BCUT2D eigenvalue weighted by atomic mass is 35.5. The van der Waals surface area contributed by atoms with Crippen molar-refractivity contribution in [3.05, 3.63) is 34.9 Å². The maximum absolute atomic E-state index is 13.0. The molecule has 2 aliphatic rings. The molecule has 1 aromatic carbocycles. The molecule has 1 atom stereocenters. The topological polar surface area (TPSA) is 32.8 Å². The molecule has 1 saturated carbocycles. The number of likely N-dealkylation sites (N-methyl/N-ethyl adjacent to an activating group) is 1. The second kappa shape index (κ2) is 8.32. The van der Waals surface area contributed by atoms with Gasteiger partial charge in [0.15, 0.2) is 0 Å². The number of nitrogens with zero attached hydrogens (tertiary/aromatic N) is 2. The summed E-state index contributed by atoms with van der Waals surface area (Å²) in [5.41, 5.74) is 0.981. The van der Waals surface area contributed by atoms with E-state index in [-0.39, 0.29) is 11.9 Å². The third-order valence-corrected chi connectivity index (χ3v) is 5.60. The first-order valence-corrected chi connectivity index (χ1v) is 9.33. The fraction of sp³-hybridized carbons (Fsp3) is 0.632. The average molecular weight is 351 g/mol. The van der Waals surface area contributed by atoms with Gasteiger partial charge in [0.2, 0.25) is 5.91 Å². The van der Waals surface area contributed by atoms with Crippen LogP contribution in [0.2, 0.25) is 5.02 Å². The van der Waals surface area contributed by atoms with Crippen molar-refractivity contribution in [1.82, 2.24) is 9.80 Å². The number of carbonyl (C=O) groups excluding carboxylic acids is 1. The van der Waals surface area contributed by atoms with Crippen molar-refractivity contribution < 1.29 is 9.53 Å². The molecule has 1 saturated heterocycles. The molecule has 0 unspecified atom stereocenters. The molecular formula is C19H27ClN2O2. The Morgan fingerprint density at radius 2 is 2.08 bits per heavy atom. The molecule has 2 fully saturated rings. The maximum atomic E-state index is 13.0. The van der Waals surface area contributed by atoms with Crippen LogP contribution in [0.25, 0.3) is 0 Å². The van der Waals surface area contributed by atoms with Gasteiger partial charge in [0.25, 0.3) is 0 Å². The van der Waals surface area contributed by atoms with Crippen LogP contribution in [0.3, 0.4) is 0 Å². The molecule has 5 heteroatoms. The fourth-order valence-corrected chi connectivity index (χ4v) is 4.02. The summed E-state index contributed by atoms with van der Waals surface area (Å²) in [6.45, 7) is 3.64. The van der Waals surface area contributed by atoms with Crippen LogP contribution >= 0.6 is 11.6 Å². The minimum atomic E-state index is -0.160. The molecule has 0 aromatic heterocycles. The summed E-state index contributed by atoms with van der Waals surface area (Å²) >= 11 is 6.23. The number of rotatable bonds is 5. The molecule has 3 rings (SSSR count). The third-order valence-electron chi connectivity index (χ3n) is 5.23. The molecule has 1 amide bonds. The highest BCUT2D eigenvalue weighted by molar-refractivity contribution is 6.31. The number of ether oxygens (including phenoxy) is 1. The van der Waals surface area contributed by atoms with Gasteiger partial charge in [-0.2, -0.15) is 0 Å². The van der Waals surface area contributed by atoms with Gasteiger partial charge >= 0.3 is 0 Å². The number of morpholine rings is 1. The number of carbonyl (C=O) groups is 1. The molecule has 1 aliphatic carbocycles. The Labute approximate surface area is 149 Å². The van der Waals surface area contributed by atoms with Crippen molar-refractivity contribution in [1.29, 1.82) is 0 Å². The standard InChI is InChI=1S/C19H27ClN2O2/c1-21(13-16-8-4-5-9-17(16)20)19(23)18-14-24-11-10-22(18)12-15-6-2-3-7-15/h4-5,8-9,15,18H,2-3,6-7,10-14H2,1H3/t18-/m1/s1. The van der Waals surface area contributed by atoms with Crippen molar-refractivity contribution in [3.63, 3.8) is 0 Å². The molecule has 1 heterocycles. The van der Waals surface area contributed by atoms with E-state index in [1.54, 1.807) is 4.90 Å². The molecule has 24 heavy (non-hydrogen) atoms. The molecule has 0 radical (unpaired) electrons. The Morgan fingerprint density at radius 3 is 2.83 bits per heavy atom. The van der Waals surface area contributed by atoms with Crippen molar-refractivity contribution in [2.45, 2.75) is 38.3 Å². The van der Waals surface area contributed by atoms with Crippen molar-refractivity contribution in [3.8, 4) is 0 Å². The van der Waals surface area contributed by atoms with E-state index < -0.39 is 0 Å². The van der Waals surface area contributed by atoms with Crippen LogP contribution in [0, 0.1) is 5.92 Å². The van der Waals surface area contributed by atoms with Crippen LogP contribution in [0.4, 0.5) is 0 Å². The third kappa shape index (κ3) is 4.29. The van der Waals surface area contributed by atoms with Crippen LogP contribution < -0.4 is 0 Å². The van der Waals surface area contributed by atoms with E-state index in [0.29, 0.717) is 18.2 Å². The number of hydrogen-bond acceptors (Lipinski definition) is 3. The van der Waals surface area contributed by atoms with Crippen LogP contribution in [0.15, 0.2) is 24.3 Å². The van der Waals surface area contributed by atoms with E-state index in [0.717, 1.165) is 31.2 Å². The molecule has 0 spiro atoms. The van der Waals surface area contributed by atoms with Gasteiger partial charge in [-0.25, -0.2) is 0 Å². The lowest BCUT2D eigenvalue weighted by Gasteiger charge is -2.38. The predicted molar refractivity (Wildman–Crippen MR) is 96.1 cm³/mol. The van der Waals surface area contributed by atoms with Crippen LogP contribution in [0.1, 0.15) is 31.2 Å². The largest absolute Gasteiger partial charge is 0.378 e. The van der Waals surface area contributed by atoms with E-state index in [2.05, 4.69) is 4.90 Å². The summed E-state index contributed by atoms with van der Waals surface area (Å²) in [6, 6.07) is 7.54. The lowest BCUT2D eigenvalue weighted by atomic mass is 10.1. The molecule has 0 N–H and O–H groups in total. The highest BCUT2D eigenvalue weighted by Gasteiger charge is 2.33. The van der Waals surface area contributed by atoms with Crippen LogP contribution in [-0.2, 0) is 16.1 Å². The quantitative estimate of drug-likeness (QED) is 0.817. The van der Waals surface area contributed by atoms with Gasteiger partial charge in [-0.1, -0.05) is 42.6 Å². The van der Waals surface area contributed by atoms with E-state index in [1.807, 2.05) is 31.3 Å². The van der Waals surface area contributed by atoms with E-state index in [9.17, 15) is 4.79 Å². The number of benzene rings is 1. The highest BCUT2D eigenvalue weighted by Crippen LogP contribution is 2.27. The summed E-state index contributed by atoms with van der Waals surface area (Å²) in [6.07, 6.45) is 5.27. The van der Waals surface area contributed by atoms with Crippen LogP contribution in [-0.4, -0.2) is 55.1 Å². The zero-order chi connectivity index (χ0) is 16.9. The normalized spacial score (nSPS) is 22.7. The maximum Gasteiger partial charge on any atom is 0.242 e. The summed E-state index contributed by atoms with van der Waals surface area (Å²) in [5, 5.41) is 0.708. The van der Waals surface area contributed by atoms with Gasteiger partial charge < -0.3 is 9.64 Å². The first kappa shape index (κ1) is 17.7. The lowest BCUT2D eigenvalue weighted by Crippen LogP contribution is -2.54. The van der Waals surface area contributed by atoms with Crippen molar-refractivity contribution in [2.24, 2.45) is 5.92 Å². The van der Waals surface area contributed by atoms with Gasteiger partial charge in [-0.05, 0) is 30.4 Å². The Balaban J connectivity index is 1.63. The van der Waals surface area contributed by atoms with Gasteiger partial charge in [-0.3, -0.25) is 9.69 Å². The van der Waals surface area contributed by atoms with Gasteiger partial charge in [0.1, 0.15) is 6.04 Å². The Kier molecular flexibility index (Phi) is 6.14. The average Bonchev–Trinajstić information content (AvgIpc) is 3.10. The number of halogens is 1. The summed E-state index contributed by atoms with van der Waals surface area (Å²) in [5.74, 6) is 0.875. The fourth-order valence-electron chi connectivity index (χ4n) is 3.82. The minimum absolute atomic E-state index is 0.132. The molecule has 1 aromatic rings. The second-order valence-electron chi connectivity index (χ2n) is 7.02. The first-order chi connectivity index (χ1) is 11.6. The Bertz CT molecular complexity index is 560. The number of amides is 1. The smallest absolute Gasteiger partial charge is 0.242 e. The SMILES string of the molecule is CN(Cc1ccccc1Cl)C(=O)[C@H]1COCCN1CC1CCCC1. The number of hydrogen-bond donors (Lipinski definition) is 0. The van der Waals surface area contributed by atoms with Crippen LogP contribution in [0.5, 0.6) is 0 Å². The lowest BCUT2D eigenvalue weighted by molar-refractivity contribution is -0.142. The second-order valence-corrected chi connectivity index (χ2v) is 7.43. The first-order valence-electron chi connectivity index (χ1n) is 8.95. The summed E-state index contributed by atoms with van der Waals surface area (Å²) in [4.78, 5) is 17.1. The Hall–Kier alpha value is -1.10.